The molecule has 0 saturated carbocycles. The van der Waals surface area contributed by atoms with Crippen LogP contribution in [0.5, 0.6) is 0 Å². The number of halogens is 1. The van der Waals surface area contributed by atoms with E-state index >= 15 is 0 Å². The molecule has 1 fully saturated rings. The highest BCUT2D eigenvalue weighted by atomic mass is 35.5. The highest BCUT2D eigenvalue weighted by Gasteiger charge is 2.20. The molecule has 2 aromatic rings. The summed E-state index contributed by atoms with van der Waals surface area (Å²) in [5, 5.41) is 8.11. The second kappa shape index (κ2) is 9.89. The standard InChI is InChI=1S/C20H29ClN6O/c1-15(2)14-26-9-11-27(12-10-26)20(22-3)23-8-7-18-24-19(25-28-18)16-5-4-6-17(21)13-16/h4-6,13,15H,7-12,14H2,1-3H3,(H,22,23). The molecule has 0 amide bonds. The highest BCUT2D eigenvalue weighted by Crippen LogP contribution is 2.19. The maximum Gasteiger partial charge on any atom is 0.228 e. The average Bonchev–Trinajstić information content (AvgIpc) is 3.15. The van der Waals surface area contributed by atoms with E-state index < -0.39 is 0 Å². The molecule has 28 heavy (non-hydrogen) atoms. The maximum absolute atomic E-state index is 6.03. The van der Waals surface area contributed by atoms with Crippen LogP contribution in [0.2, 0.25) is 5.02 Å². The summed E-state index contributed by atoms with van der Waals surface area (Å²) in [5.74, 6) is 2.79. The van der Waals surface area contributed by atoms with Gasteiger partial charge >= 0.3 is 0 Å². The van der Waals surface area contributed by atoms with Crippen molar-refractivity contribution < 1.29 is 4.52 Å². The molecule has 1 aromatic heterocycles. The van der Waals surface area contributed by atoms with Gasteiger partial charge in [-0.2, -0.15) is 4.98 Å². The molecule has 7 nitrogen and oxygen atoms in total. The van der Waals surface area contributed by atoms with Crippen molar-refractivity contribution in [1.29, 1.82) is 0 Å². The Labute approximate surface area is 171 Å². The Balaban J connectivity index is 1.47. The summed E-state index contributed by atoms with van der Waals surface area (Å²) in [6.07, 6.45) is 0.639. The lowest BCUT2D eigenvalue weighted by molar-refractivity contribution is 0.164. The molecule has 152 valence electrons. The largest absolute Gasteiger partial charge is 0.356 e. The van der Waals surface area contributed by atoms with Crippen molar-refractivity contribution >= 4 is 17.6 Å². The van der Waals surface area contributed by atoms with Gasteiger partial charge in [0, 0.05) is 63.3 Å². The quantitative estimate of drug-likeness (QED) is 0.589. The maximum atomic E-state index is 6.03. The van der Waals surface area contributed by atoms with Crippen LogP contribution in [0.15, 0.2) is 33.8 Å². The van der Waals surface area contributed by atoms with E-state index in [2.05, 4.69) is 44.1 Å². The first-order chi connectivity index (χ1) is 13.5. The van der Waals surface area contributed by atoms with Gasteiger partial charge in [0.05, 0.1) is 0 Å². The van der Waals surface area contributed by atoms with Crippen LogP contribution in [-0.4, -0.2) is 72.2 Å². The van der Waals surface area contributed by atoms with E-state index in [4.69, 9.17) is 16.1 Å². The Bertz CT molecular complexity index is 783. The minimum absolute atomic E-state index is 0.558. The van der Waals surface area contributed by atoms with Gasteiger partial charge in [0.2, 0.25) is 11.7 Å². The fourth-order valence-electron chi connectivity index (χ4n) is 3.37. The Kier molecular flexibility index (Phi) is 7.28. The molecular weight excluding hydrogens is 376 g/mol. The van der Waals surface area contributed by atoms with Gasteiger partial charge < -0.3 is 14.7 Å². The van der Waals surface area contributed by atoms with Crippen LogP contribution in [0.4, 0.5) is 0 Å². The van der Waals surface area contributed by atoms with Gasteiger partial charge in [0.1, 0.15) is 0 Å². The molecule has 1 saturated heterocycles. The molecule has 3 rings (SSSR count). The lowest BCUT2D eigenvalue weighted by atomic mass is 10.2. The number of nitrogens with one attached hydrogen (secondary N) is 1. The van der Waals surface area contributed by atoms with E-state index in [1.54, 1.807) is 0 Å². The summed E-state index contributed by atoms with van der Waals surface area (Å²) < 4.78 is 5.37. The second-order valence-electron chi connectivity index (χ2n) is 7.43. The fourth-order valence-corrected chi connectivity index (χ4v) is 3.56. The first-order valence-corrected chi connectivity index (χ1v) is 10.2. The van der Waals surface area contributed by atoms with E-state index in [1.807, 2.05) is 31.3 Å². The monoisotopic (exact) mass is 404 g/mol. The average molecular weight is 405 g/mol. The number of aromatic nitrogens is 2. The smallest absolute Gasteiger partial charge is 0.228 e. The van der Waals surface area contributed by atoms with Crippen LogP contribution in [0, 0.1) is 5.92 Å². The van der Waals surface area contributed by atoms with Crippen LogP contribution < -0.4 is 5.32 Å². The number of benzene rings is 1. The predicted molar refractivity (Wildman–Crippen MR) is 113 cm³/mol. The third-order valence-electron chi connectivity index (χ3n) is 4.68. The molecule has 0 bridgehead atoms. The van der Waals surface area contributed by atoms with Gasteiger partial charge in [-0.15, -0.1) is 0 Å². The zero-order valence-corrected chi connectivity index (χ0v) is 17.6. The summed E-state index contributed by atoms with van der Waals surface area (Å²) in [7, 11) is 1.83. The molecule has 2 heterocycles. The Hall–Kier alpha value is -2.12. The van der Waals surface area contributed by atoms with E-state index in [0.29, 0.717) is 35.6 Å². The zero-order chi connectivity index (χ0) is 19.9. The number of rotatable bonds is 6. The Morgan fingerprint density at radius 2 is 2.07 bits per heavy atom. The van der Waals surface area contributed by atoms with Crippen LogP contribution in [0.1, 0.15) is 19.7 Å². The second-order valence-corrected chi connectivity index (χ2v) is 7.86. The summed E-state index contributed by atoms with van der Waals surface area (Å²) in [5.41, 5.74) is 0.852. The minimum atomic E-state index is 0.558. The van der Waals surface area contributed by atoms with Gasteiger partial charge in [-0.3, -0.25) is 9.89 Å². The van der Waals surface area contributed by atoms with Crippen molar-refractivity contribution in [1.82, 2.24) is 25.3 Å². The fraction of sp³-hybridized carbons (Fsp3) is 0.550. The third kappa shape index (κ3) is 5.69. The Morgan fingerprint density at radius 1 is 1.29 bits per heavy atom. The summed E-state index contributed by atoms with van der Waals surface area (Å²) in [4.78, 5) is 13.7. The van der Waals surface area contributed by atoms with E-state index in [-0.39, 0.29) is 0 Å². The zero-order valence-electron chi connectivity index (χ0n) is 16.9. The predicted octanol–water partition coefficient (Wildman–Crippen LogP) is 2.78. The van der Waals surface area contributed by atoms with Crippen LogP contribution in [0.25, 0.3) is 11.4 Å². The molecule has 1 aliphatic heterocycles. The topological polar surface area (TPSA) is 69.8 Å². The first-order valence-electron chi connectivity index (χ1n) is 9.81. The Morgan fingerprint density at radius 3 is 2.75 bits per heavy atom. The van der Waals surface area contributed by atoms with E-state index in [9.17, 15) is 0 Å². The molecular formula is C20H29ClN6O. The van der Waals surface area contributed by atoms with Crippen molar-refractivity contribution in [3.8, 4) is 11.4 Å². The highest BCUT2D eigenvalue weighted by molar-refractivity contribution is 6.30. The molecule has 0 unspecified atom stereocenters. The normalized spacial score (nSPS) is 16.0. The van der Waals surface area contributed by atoms with Gasteiger partial charge in [-0.25, -0.2) is 0 Å². The van der Waals surface area contributed by atoms with Crippen molar-refractivity contribution in [3.63, 3.8) is 0 Å². The molecule has 0 spiro atoms. The third-order valence-corrected chi connectivity index (χ3v) is 4.91. The minimum Gasteiger partial charge on any atom is -0.356 e. The van der Waals surface area contributed by atoms with E-state index in [0.717, 1.165) is 44.2 Å². The van der Waals surface area contributed by atoms with Gasteiger partial charge in [-0.05, 0) is 18.1 Å². The van der Waals surface area contributed by atoms with Crippen LogP contribution >= 0.6 is 11.6 Å². The number of hydrogen-bond donors (Lipinski definition) is 1. The number of hydrogen-bond acceptors (Lipinski definition) is 5. The van der Waals surface area contributed by atoms with Gasteiger partial charge in [0.25, 0.3) is 0 Å². The number of nitrogens with zero attached hydrogens (tertiary/aromatic N) is 5. The van der Waals surface area contributed by atoms with Gasteiger partial charge in [-0.1, -0.05) is 42.7 Å². The molecule has 0 aliphatic carbocycles. The molecule has 1 aromatic carbocycles. The lowest BCUT2D eigenvalue weighted by Gasteiger charge is -2.37. The summed E-state index contributed by atoms with van der Waals surface area (Å²) in [6.45, 7) is 10.5. The lowest BCUT2D eigenvalue weighted by Crippen LogP contribution is -2.53. The van der Waals surface area contributed by atoms with Crippen molar-refractivity contribution in [3.05, 3.63) is 35.2 Å². The molecule has 0 atom stereocenters. The van der Waals surface area contributed by atoms with Crippen LogP contribution in [0.3, 0.4) is 0 Å². The number of piperazine rings is 1. The molecule has 1 aliphatic rings. The van der Waals surface area contributed by atoms with Crippen LogP contribution in [-0.2, 0) is 6.42 Å². The summed E-state index contributed by atoms with van der Waals surface area (Å²) >= 11 is 6.03. The van der Waals surface area contributed by atoms with E-state index in [1.165, 1.54) is 0 Å². The SMILES string of the molecule is CN=C(NCCc1nc(-c2cccc(Cl)c2)no1)N1CCN(CC(C)C)CC1. The van der Waals surface area contributed by atoms with Gasteiger partial charge in [0.15, 0.2) is 5.96 Å². The number of guanidine groups is 1. The van der Waals surface area contributed by atoms with Crippen molar-refractivity contribution in [2.24, 2.45) is 10.9 Å². The molecule has 1 N–H and O–H groups in total. The molecule has 8 heteroatoms. The summed E-state index contributed by atoms with van der Waals surface area (Å²) in [6, 6.07) is 7.44. The van der Waals surface area contributed by atoms with Crippen molar-refractivity contribution in [2.75, 3.05) is 46.3 Å². The van der Waals surface area contributed by atoms with Crippen molar-refractivity contribution in [2.45, 2.75) is 20.3 Å². The number of aliphatic imine (C=N–C) groups is 1. The first kappa shape index (κ1) is 20.6. The molecule has 0 radical (unpaired) electrons.